The van der Waals surface area contributed by atoms with Crippen LogP contribution in [0.4, 0.5) is 0 Å². The monoisotopic (exact) mass is 1100 g/mol. The number of aliphatic imine (C=N–C) groups is 4. The number of aliphatic hydroxyl groups excluding tert-OH is 2. The van der Waals surface area contributed by atoms with Gasteiger partial charge in [-0.25, -0.2) is 9.98 Å². The Morgan fingerprint density at radius 1 is 0.867 bits per heavy atom. The van der Waals surface area contributed by atoms with Crippen molar-refractivity contribution in [1.82, 2.24) is 46.6 Å². The second-order valence-corrected chi connectivity index (χ2v) is 19.4. The summed E-state index contributed by atoms with van der Waals surface area (Å²) in [6.07, 6.45) is 15.9. The molecule has 1 rings (SSSR count). The Morgan fingerprint density at radius 3 is 1.93 bits per heavy atom. The van der Waals surface area contributed by atoms with Crippen LogP contribution in [-0.2, 0) is 20.2 Å². The largest absolute Gasteiger partial charge is 0.395 e. The molecular weight excluding hydrogens is 1000 g/mol. The van der Waals surface area contributed by atoms with E-state index in [0.717, 1.165) is 64.7 Å². The minimum absolute atomic E-state index is 0.0841. The molecule has 0 saturated carbocycles. The molecule has 1 aliphatic carbocycles. The highest BCUT2D eigenvalue weighted by Gasteiger charge is 2.26. The van der Waals surface area contributed by atoms with Crippen molar-refractivity contribution in [3.8, 4) is 0 Å². The van der Waals surface area contributed by atoms with E-state index in [-0.39, 0.29) is 19.8 Å². The Bertz CT molecular complexity index is 1970. The third-order valence-electron chi connectivity index (χ3n) is 9.88. The average Bonchev–Trinajstić information content (AvgIpc) is 3.57. The first kappa shape index (κ1) is 77.2. The summed E-state index contributed by atoms with van der Waals surface area (Å²) < 4.78 is 67.5. The minimum atomic E-state index is -4.56. The van der Waals surface area contributed by atoms with E-state index in [0.29, 0.717) is 54.6 Å². The van der Waals surface area contributed by atoms with Crippen molar-refractivity contribution in [3.05, 3.63) is 72.5 Å². The first-order chi connectivity index (χ1) is 35.6. The number of nitrogens with two attached hydrogens (primary N) is 1. The fourth-order valence-corrected chi connectivity index (χ4v) is 7.55. The van der Waals surface area contributed by atoms with Gasteiger partial charge in [-0.1, -0.05) is 111 Å². The average molecular weight is 1110 g/mol. The highest BCUT2D eigenvalue weighted by atomic mass is 32.2. The predicted molar refractivity (Wildman–Crippen MR) is 318 cm³/mol. The molecule has 24 heteroatoms. The van der Waals surface area contributed by atoms with Crippen molar-refractivity contribution in [2.45, 2.75) is 112 Å². The number of nitrogens with one attached hydrogen (secondary N) is 6. The molecule has 0 amide bonds. The lowest BCUT2D eigenvalue weighted by Gasteiger charge is -2.29. The molecule has 1 aliphatic rings. The van der Waals surface area contributed by atoms with E-state index in [1.807, 2.05) is 39.8 Å². The predicted octanol–water partition coefficient (Wildman–Crippen LogP) is 3.78. The van der Waals surface area contributed by atoms with Gasteiger partial charge in [0.05, 0.1) is 26.4 Å². The zero-order valence-corrected chi connectivity index (χ0v) is 50.1. The van der Waals surface area contributed by atoms with Gasteiger partial charge in [0, 0.05) is 59.4 Å². The van der Waals surface area contributed by atoms with Crippen LogP contribution < -0.4 is 37.6 Å². The number of hydrogen-bond acceptors (Lipinski definition) is 15. The van der Waals surface area contributed by atoms with E-state index >= 15 is 0 Å². The van der Waals surface area contributed by atoms with Crippen LogP contribution in [0.3, 0.4) is 0 Å². The van der Waals surface area contributed by atoms with Gasteiger partial charge >= 0.3 is 0 Å². The Morgan fingerprint density at radius 2 is 1.47 bits per heavy atom. The normalized spacial score (nSPS) is 15.6. The van der Waals surface area contributed by atoms with Gasteiger partial charge in [-0.3, -0.25) is 35.0 Å². The summed E-state index contributed by atoms with van der Waals surface area (Å²) in [7, 11) is -1.71. The lowest BCUT2D eigenvalue weighted by molar-refractivity contribution is 0.250. The highest BCUT2D eigenvalue weighted by Crippen LogP contribution is 2.21. The maximum Gasteiger partial charge on any atom is 0.275 e. The number of nitrogens with zero attached hydrogens (tertiary/aromatic N) is 7. The van der Waals surface area contributed by atoms with E-state index in [2.05, 4.69) is 105 Å². The fraction of sp³-hybridized carbons (Fsp3) is 0.686. The van der Waals surface area contributed by atoms with Gasteiger partial charge in [-0.05, 0) is 83.7 Å². The molecule has 0 fully saturated rings. The minimum Gasteiger partial charge on any atom is -0.395 e. The van der Waals surface area contributed by atoms with Crippen LogP contribution in [0.15, 0.2) is 92.5 Å². The van der Waals surface area contributed by atoms with Crippen molar-refractivity contribution in [2.24, 2.45) is 31.6 Å². The molecule has 0 aromatic heterocycles. The highest BCUT2D eigenvalue weighted by molar-refractivity contribution is 7.87. The maximum atomic E-state index is 12.2. The van der Waals surface area contributed by atoms with Gasteiger partial charge in [-0.2, -0.15) is 16.8 Å². The SMILES string of the molecule is C=CC(C(/C=C\C)/C=C/C1=CC(S(=O)(=O)O)C=C(N/C(C)=N/C(NCCO)N(C)C(CNCC)=NC)C=C1)S(=O)(=O)O.CC.CCC.CCN(CC)CCCCN=C(N/C(N)=N\CNCCO)N(C)C.CCNCC. The summed E-state index contributed by atoms with van der Waals surface area (Å²) in [5.41, 5.74) is 6.51. The summed E-state index contributed by atoms with van der Waals surface area (Å²) in [4.78, 5) is 23.7. The van der Waals surface area contributed by atoms with Gasteiger partial charge in [0.25, 0.3) is 20.2 Å². The summed E-state index contributed by atoms with van der Waals surface area (Å²) in [6, 6.07) is 0. The number of rotatable bonds is 29. The van der Waals surface area contributed by atoms with Crippen LogP contribution in [-0.4, -0.2) is 205 Å². The van der Waals surface area contributed by atoms with E-state index < -0.39 is 42.9 Å². The zero-order valence-electron chi connectivity index (χ0n) is 48.5. The molecule has 75 heavy (non-hydrogen) atoms. The fourth-order valence-electron chi connectivity index (χ4n) is 6.08. The van der Waals surface area contributed by atoms with Crippen molar-refractivity contribution in [3.63, 3.8) is 0 Å². The standard InChI is InChI=1S/C27H44N6O7S2.C15H35N7O.C4H11N.C3H8.C2H6/c1-7-10-22(25(8-2)42(38,39)40)13-11-21-12-14-23(18-24(17-21)41(35,36)37)31-20(4)32-27(30-15-16-34)33(6)26(28-5)19-29-9-3;1-5-22(6-2)11-8-7-9-18-15(21(3)4)20-14(16)19-13-17-10-12-23;1-3-5-4-2;1-3-2;1-2/h7-8,10-14,17-18,22,24-25,27,29-30,34H,2,9,15-16,19H2,1,3-6H3,(H,31,32)(H,35,36,37)(H,38,39,40);17,23H,5-13H2,1-4H3,(H3,16,18,19,20);5H,3-4H2,1-2H3;3H2,1-2H3;1-2H3/b10-7-,13-11+,28-26?;;;;. The Kier molecular flexibility index (Phi) is 50.7. The summed E-state index contributed by atoms with van der Waals surface area (Å²) in [6.45, 7) is 34.3. The molecule has 438 valence electrons. The van der Waals surface area contributed by atoms with Crippen molar-refractivity contribution < 1.29 is 36.2 Å². The second kappa shape index (κ2) is 49.2. The van der Waals surface area contributed by atoms with Gasteiger partial charge in [0.15, 0.2) is 18.2 Å². The maximum absolute atomic E-state index is 12.2. The quantitative estimate of drug-likeness (QED) is 0.0127. The molecule has 0 aromatic carbocycles. The number of aliphatic hydroxyl groups is 2. The second-order valence-electron chi connectivity index (χ2n) is 16.2. The molecular formula is C51H104N14O8S2. The van der Waals surface area contributed by atoms with Crippen LogP contribution >= 0.6 is 0 Å². The van der Waals surface area contributed by atoms with E-state index in [9.17, 15) is 31.0 Å². The Balaban J connectivity index is -0.000000637. The van der Waals surface area contributed by atoms with Gasteiger partial charge in [-0.15, -0.1) is 6.58 Å². The molecule has 4 unspecified atom stereocenters. The van der Waals surface area contributed by atoms with E-state index in [4.69, 9.17) is 10.8 Å². The third kappa shape index (κ3) is 40.6. The molecule has 0 saturated heterocycles. The van der Waals surface area contributed by atoms with Crippen molar-refractivity contribution in [1.29, 1.82) is 0 Å². The molecule has 0 aliphatic heterocycles. The lowest BCUT2D eigenvalue weighted by atomic mass is 10.0. The van der Waals surface area contributed by atoms with Crippen LogP contribution in [0, 0.1) is 5.92 Å². The summed E-state index contributed by atoms with van der Waals surface area (Å²) >= 11 is 0. The first-order valence-electron chi connectivity index (χ1n) is 26.1. The van der Waals surface area contributed by atoms with Crippen molar-refractivity contribution >= 4 is 43.8 Å². The number of guanidine groups is 2. The van der Waals surface area contributed by atoms with Crippen molar-refractivity contribution in [2.75, 3.05) is 114 Å². The van der Waals surface area contributed by atoms with Crippen LogP contribution in [0.2, 0.25) is 0 Å². The topological polar surface area (TPSA) is 307 Å². The number of unbranched alkanes of at least 4 members (excludes halogenated alkanes) is 1. The van der Waals surface area contributed by atoms with Gasteiger partial charge in [0.2, 0.25) is 0 Å². The van der Waals surface area contributed by atoms with Crippen LogP contribution in [0.5, 0.6) is 0 Å². The molecule has 22 nitrogen and oxygen atoms in total. The number of likely N-dealkylation sites (N-methyl/N-ethyl adjacent to an activating group) is 2. The first-order valence-corrected chi connectivity index (χ1v) is 29.2. The van der Waals surface area contributed by atoms with Gasteiger partial charge in [0.1, 0.15) is 22.2 Å². The lowest BCUT2D eigenvalue weighted by Crippen LogP contribution is -2.49. The molecule has 0 aromatic rings. The number of hydrogen-bond donors (Lipinski definition) is 11. The number of amidine groups is 2. The molecule has 0 heterocycles. The van der Waals surface area contributed by atoms with Gasteiger partial charge < -0.3 is 46.6 Å². The smallest absolute Gasteiger partial charge is 0.275 e. The Hall–Kier alpha value is -4.34. The molecule has 0 spiro atoms. The third-order valence-corrected chi connectivity index (χ3v) is 12.0. The summed E-state index contributed by atoms with van der Waals surface area (Å²) in [5, 5.41) is 33.7. The Labute approximate surface area is 454 Å². The van der Waals surface area contributed by atoms with E-state index in [1.54, 1.807) is 57.1 Å². The van der Waals surface area contributed by atoms with E-state index in [1.165, 1.54) is 30.7 Å². The molecule has 0 radical (unpaired) electrons. The van der Waals surface area contributed by atoms with Crippen LogP contribution in [0.25, 0.3) is 0 Å². The summed E-state index contributed by atoms with van der Waals surface area (Å²) in [5.74, 6) is 1.35. The molecule has 12 N–H and O–H groups in total. The number of allylic oxidation sites excluding steroid dienone is 7. The molecule has 4 atom stereocenters. The zero-order chi connectivity index (χ0) is 58.3. The van der Waals surface area contributed by atoms with Crippen LogP contribution in [0.1, 0.15) is 95.4 Å². The molecule has 0 bridgehead atoms.